The Balaban J connectivity index is 1.87. The Hall–Kier alpha value is -1.75. The van der Waals surface area contributed by atoms with Crippen LogP contribution in [0, 0.1) is 0 Å². The van der Waals surface area contributed by atoms with Crippen LogP contribution in [0.1, 0.15) is 24.4 Å². The molecule has 1 aromatic rings. The van der Waals surface area contributed by atoms with Crippen LogP contribution in [0.5, 0.6) is 11.5 Å². The number of fused-ring (bicyclic) bond motifs is 1. The summed E-state index contributed by atoms with van der Waals surface area (Å²) < 4.78 is 10.7. The van der Waals surface area contributed by atoms with E-state index in [1.807, 2.05) is 23.1 Å². The molecule has 18 heavy (non-hydrogen) atoms. The molecule has 1 atom stereocenters. The first kappa shape index (κ1) is 11.3. The van der Waals surface area contributed by atoms with Crippen LogP contribution in [0.25, 0.3) is 0 Å². The molecule has 0 saturated carbocycles. The predicted octanol–water partition coefficient (Wildman–Crippen LogP) is 1.04. The number of ether oxygens (including phenoxy) is 2. The second kappa shape index (κ2) is 4.49. The average molecular weight is 248 g/mol. The van der Waals surface area contributed by atoms with Gasteiger partial charge in [0, 0.05) is 6.54 Å². The lowest BCUT2D eigenvalue weighted by Crippen LogP contribution is -2.35. The van der Waals surface area contributed by atoms with E-state index < -0.39 is 0 Å². The molecule has 5 nitrogen and oxygen atoms in total. The standard InChI is InChI=1S/C13H16N2O3/c14-7-13(16)15-5-1-2-10(15)9-3-4-11-12(6-9)18-8-17-11/h3-4,6,10H,1-2,5,7-8,14H2. The van der Waals surface area contributed by atoms with Gasteiger partial charge in [0.05, 0.1) is 12.6 Å². The van der Waals surface area contributed by atoms with Crippen LogP contribution < -0.4 is 15.2 Å². The van der Waals surface area contributed by atoms with Crippen molar-refractivity contribution in [2.45, 2.75) is 18.9 Å². The van der Waals surface area contributed by atoms with Gasteiger partial charge in [0.15, 0.2) is 11.5 Å². The number of hydrogen-bond acceptors (Lipinski definition) is 4. The molecule has 1 aromatic carbocycles. The van der Waals surface area contributed by atoms with Crippen molar-refractivity contribution < 1.29 is 14.3 Å². The summed E-state index contributed by atoms with van der Waals surface area (Å²) >= 11 is 0. The number of carbonyl (C=O) groups excluding carboxylic acids is 1. The molecular weight excluding hydrogens is 232 g/mol. The van der Waals surface area contributed by atoms with Gasteiger partial charge in [-0.2, -0.15) is 0 Å². The van der Waals surface area contributed by atoms with Crippen molar-refractivity contribution >= 4 is 5.91 Å². The van der Waals surface area contributed by atoms with Gasteiger partial charge >= 0.3 is 0 Å². The van der Waals surface area contributed by atoms with E-state index in [2.05, 4.69) is 0 Å². The monoisotopic (exact) mass is 248 g/mol. The van der Waals surface area contributed by atoms with E-state index in [4.69, 9.17) is 15.2 Å². The van der Waals surface area contributed by atoms with E-state index >= 15 is 0 Å². The predicted molar refractivity (Wildman–Crippen MR) is 65.3 cm³/mol. The molecule has 96 valence electrons. The van der Waals surface area contributed by atoms with E-state index in [-0.39, 0.29) is 25.3 Å². The lowest BCUT2D eigenvalue weighted by Gasteiger charge is -2.24. The SMILES string of the molecule is NCC(=O)N1CCCC1c1ccc2c(c1)OCO2. The molecule has 2 heterocycles. The highest BCUT2D eigenvalue weighted by molar-refractivity contribution is 5.78. The highest BCUT2D eigenvalue weighted by Gasteiger charge is 2.30. The minimum absolute atomic E-state index is 0.00941. The maximum atomic E-state index is 11.8. The number of likely N-dealkylation sites (tertiary alicyclic amines) is 1. The van der Waals surface area contributed by atoms with Crippen molar-refractivity contribution in [1.82, 2.24) is 4.90 Å². The first-order valence-electron chi connectivity index (χ1n) is 6.18. The topological polar surface area (TPSA) is 64.8 Å². The summed E-state index contributed by atoms with van der Waals surface area (Å²) in [7, 11) is 0. The highest BCUT2D eigenvalue weighted by Crippen LogP contribution is 2.38. The quantitative estimate of drug-likeness (QED) is 0.849. The Morgan fingerprint density at radius 1 is 1.39 bits per heavy atom. The fourth-order valence-corrected chi connectivity index (χ4v) is 2.65. The molecule has 2 aliphatic rings. The largest absolute Gasteiger partial charge is 0.454 e. The Kier molecular flexibility index (Phi) is 2.83. The van der Waals surface area contributed by atoms with Crippen LogP contribution in [0.4, 0.5) is 0 Å². The number of hydrogen-bond donors (Lipinski definition) is 1. The van der Waals surface area contributed by atoms with Gasteiger partial charge in [0.25, 0.3) is 0 Å². The van der Waals surface area contributed by atoms with E-state index in [1.165, 1.54) is 0 Å². The summed E-state index contributed by atoms with van der Waals surface area (Å²) in [5, 5.41) is 0. The molecule has 1 amide bonds. The van der Waals surface area contributed by atoms with Crippen molar-refractivity contribution in [3.8, 4) is 11.5 Å². The Morgan fingerprint density at radius 2 is 2.22 bits per heavy atom. The summed E-state index contributed by atoms with van der Waals surface area (Å²) in [6.45, 7) is 1.13. The maximum absolute atomic E-state index is 11.8. The van der Waals surface area contributed by atoms with Crippen LogP contribution in [0.2, 0.25) is 0 Å². The lowest BCUT2D eigenvalue weighted by atomic mass is 10.0. The normalized spacial score (nSPS) is 21.4. The number of benzene rings is 1. The van der Waals surface area contributed by atoms with Gasteiger partial charge < -0.3 is 20.1 Å². The molecule has 0 aliphatic carbocycles. The summed E-state index contributed by atoms with van der Waals surface area (Å²) in [5.74, 6) is 1.54. The molecule has 3 rings (SSSR count). The average Bonchev–Trinajstić information content (AvgIpc) is 3.05. The van der Waals surface area contributed by atoms with Crippen molar-refractivity contribution in [3.05, 3.63) is 23.8 Å². The Morgan fingerprint density at radius 3 is 3.06 bits per heavy atom. The zero-order chi connectivity index (χ0) is 12.5. The van der Waals surface area contributed by atoms with Crippen LogP contribution in [0.3, 0.4) is 0 Å². The van der Waals surface area contributed by atoms with Gasteiger partial charge in [-0.15, -0.1) is 0 Å². The minimum atomic E-state index is 0.00941. The van der Waals surface area contributed by atoms with Crippen molar-refractivity contribution in [3.63, 3.8) is 0 Å². The number of rotatable bonds is 2. The number of nitrogens with zero attached hydrogens (tertiary/aromatic N) is 1. The van der Waals surface area contributed by atoms with Crippen molar-refractivity contribution in [2.24, 2.45) is 5.73 Å². The van der Waals surface area contributed by atoms with Gasteiger partial charge in [-0.05, 0) is 30.5 Å². The summed E-state index contributed by atoms with van der Waals surface area (Å²) in [5.41, 5.74) is 6.54. The third kappa shape index (κ3) is 1.80. The second-order valence-corrected chi connectivity index (χ2v) is 4.56. The molecule has 2 N–H and O–H groups in total. The van der Waals surface area contributed by atoms with Crippen LogP contribution in [0.15, 0.2) is 18.2 Å². The fraction of sp³-hybridized carbons (Fsp3) is 0.462. The smallest absolute Gasteiger partial charge is 0.236 e. The lowest BCUT2D eigenvalue weighted by molar-refractivity contribution is -0.130. The molecule has 0 radical (unpaired) electrons. The molecule has 0 bridgehead atoms. The van der Waals surface area contributed by atoms with Gasteiger partial charge in [-0.25, -0.2) is 0 Å². The fourth-order valence-electron chi connectivity index (χ4n) is 2.65. The minimum Gasteiger partial charge on any atom is -0.454 e. The first-order valence-corrected chi connectivity index (χ1v) is 6.18. The number of carbonyl (C=O) groups is 1. The molecule has 1 unspecified atom stereocenters. The molecule has 1 fully saturated rings. The molecule has 0 aromatic heterocycles. The third-order valence-electron chi connectivity index (χ3n) is 3.53. The van der Waals surface area contributed by atoms with Gasteiger partial charge in [-0.3, -0.25) is 4.79 Å². The van der Waals surface area contributed by atoms with Gasteiger partial charge in [-0.1, -0.05) is 6.07 Å². The van der Waals surface area contributed by atoms with Crippen LogP contribution >= 0.6 is 0 Å². The summed E-state index contributed by atoms with van der Waals surface area (Å²) in [6, 6.07) is 5.99. The van der Waals surface area contributed by atoms with Crippen molar-refractivity contribution in [2.75, 3.05) is 19.9 Å². The molecule has 5 heteroatoms. The van der Waals surface area contributed by atoms with Gasteiger partial charge in [0.1, 0.15) is 0 Å². The van der Waals surface area contributed by atoms with Crippen molar-refractivity contribution in [1.29, 1.82) is 0 Å². The highest BCUT2D eigenvalue weighted by atomic mass is 16.7. The molecule has 1 saturated heterocycles. The third-order valence-corrected chi connectivity index (χ3v) is 3.53. The molecular formula is C13H16N2O3. The second-order valence-electron chi connectivity index (χ2n) is 4.56. The number of amides is 1. The molecule has 2 aliphatic heterocycles. The molecule has 0 spiro atoms. The van der Waals surface area contributed by atoms with E-state index in [9.17, 15) is 4.79 Å². The zero-order valence-corrected chi connectivity index (χ0v) is 10.1. The number of nitrogens with two attached hydrogens (primary N) is 1. The van der Waals surface area contributed by atoms with Crippen LogP contribution in [-0.2, 0) is 4.79 Å². The van der Waals surface area contributed by atoms with Crippen LogP contribution in [-0.4, -0.2) is 30.7 Å². The first-order chi connectivity index (χ1) is 8.79. The van der Waals surface area contributed by atoms with Gasteiger partial charge in [0.2, 0.25) is 12.7 Å². The van der Waals surface area contributed by atoms with E-state index in [0.29, 0.717) is 0 Å². The van der Waals surface area contributed by atoms with E-state index in [1.54, 1.807) is 0 Å². The Bertz CT molecular complexity index is 475. The Labute approximate surface area is 105 Å². The summed E-state index contributed by atoms with van der Waals surface area (Å²) in [6.07, 6.45) is 2.00. The summed E-state index contributed by atoms with van der Waals surface area (Å²) in [4.78, 5) is 13.6. The zero-order valence-electron chi connectivity index (χ0n) is 10.1. The van der Waals surface area contributed by atoms with E-state index in [0.717, 1.165) is 36.4 Å². The maximum Gasteiger partial charge on any atom is 0.236 e.